The van der Waals surface area contributed by atoms with Crippen molar-refractivity contribution in [2.75, 3.05) is 24.5 Å². The molecule has 162 valence electrons. The summed E-state index contributed by atoms with van der Waals surface area (Å²) in [6.07, 6.45) is 2.11. The van der Waals surface area contributed by atoms with Crippen molar-refractivity contribution in [3.8, 4) is 5.69 Å². The average Bonchev–Trinajstić information content (AvgIpc) is 3.39. The first-order valence-electron chi connectivity index (χ1n) is 11.0. The van der Waals surface area contributed by atoms with Gasteiger partial charge in [0.2, 0.25) is 11.8 Å². The molecule has 4 heterocycles. The zero-order valence-electron chi connectivity index (χ0n) is 18.2. The van der Waals surface area contributed by atoms with Gasteiger partial charge in [0.1, 0.15) is 5.82 Å². The van der Waals surface area contributed by atoms with Crippen molar-refractivity contribution >= 4 is 35.0 Å². The molecule has 3 aliphatic rings. The zero-order chi connectivity index (χ0) is 21.9. The Morgan fingerprint density at radius 1 is 1.10 bits per heavy atom. The lowest BCUT2D eigenvalue weighted by Crippen LogP contribution is -2.71. The van der Waals surface area contributed by atoms with Crippen molar-refractivity contribution in [3.05, 3.63) is 41.6 Å². The summed E-state index contributed by atoms with van der Waals surface area (Å²) in [6.45, 7) is 7.54. The molecule has 31 heavy (non-hydrogen) atoms. The predicted octanol–water partition coefficient (Wildman–Crippen LogP) is 2.69. The number of carbonyl (C=O) groups is 2. The van der Waals surface area contributed by atoms with E-state index in [4.69, 9.17) is 17.3 Å². The molecule has 0 radical (unpaired) electrons. The smallest absolute Gasteiger partial charge is 0.246 e. The van der Waals surface area contributed by atoms with Crippen molar-refractivity contribution in [1.82, 2.24) is 19.6 Å². The second kappa shape index (κ2) is 7.15. The van der Waals surface area contributed by atoms with E-state index in [9.17, 15) is 9.59 Å². The van der Waals surface area contributed by atoms with Gasteiger partial charge in [-0.25, -0.2) is 4.68 Å². The SMILES string of the molecule is CCN1C(=O)C2(Cc3c(C)nn(-c4ccccc4)c3N3CCC[C@@H]32)C(=O)N(CC)C1=S. The summed E-state index contributed by atoms with van der Waals surface area (Å²) in [5.41, 5.74) is 1.70. The Morgan fingerprint density at radius 3 is 2.35 bits per heavy atom. The van der Waals surface area contributed by atoms with Crippen LogP contribution in [0.5, 0.6) is 0 Å². The molecule has 5 rings (SSSR count). The lowest BCUT2D eigenvalue weighted by Gasteiger charge is -2.52. The van der Waals surface area contributed by atoms with Crippen LogP contribution in [0.15, 0.2) is 30.3 Å². The number of benzene rings is 1. The number of hydrogen-bond donors (Lipinski definition) is 0. The van der Waals surface area contributed by atoms with Gasteiger partial charge in [-0.1, -0.05) is 18.2 Å². The summed E-state index contributed by atoms with van der Waals surface area (Å²) in [5, 5.41) is 5.17. The number of fused-ring (bicyclic) bond motifs is 4. The second-order valence-corrected chi connectivity index (χ2v) is 8.88. The Morgan fingerprint density at radius 2 is 1.74 bits per heavy atom. The van der Waals surface area contributed by atoms with Gasteiger partial charge in [0.05, 0.1) is 17.4 Å². The van der Waals surface area contributed by atoms with E-state index in [1.54, 1.807) is 9.80 Å². The third kappa shape index (κ3) is 2.57. The van der Waals surface area contributed by atoms with Gasteiger partial charge in [-0.3, -0.25) is 19.4 Å². The summed E-state index contributed by atoms with van der Waals surface area (Å²) in [4.78, 5) is 33.3. The fourth-order valence-electron chi connectivity index (χ4n) is 5.61. The molecule has 3 aliphatic heterocycles. The largest absolute Gasteiger partial charge is 0.352 e. The number of thiocarbonyl (C=S) groups is 1. The average molecular weight is 438 g/mol. The highest BCUT2D eigenvalue weighted by atomic mass is 32.1. The molecule has 0 saturated carbocycles. The molecule has 8 heteroatoms. The zero-order valence-corrected chi connectivity index (χ0v) is 19.0. The first kappa shape index (κ1) is 20.2. The Bertz CT molecular complexity index is 1050. The quantitative estimate of drug-likeness (QED) is 0.546. The van der Waals surface area contributed by atoms with E-state index in [0.717, 1.165) is 42.1 Å². The molecule has 7 nitrogen and oxygen atoms in total. The monoisotopic (exact) mass is 437 g/mol. The number of rotatable bonds is 3. The van der Waals surface area contributed by atoms with Crippen molar-refractivity contribution in [3.63, 3.8) is 0 Å². The minimum absolute atomic E-state index is 0.149. The van der Waals surface area contributed by atoms with Crippen LogP contribution in [0.3, 0.4) is 0 Å². The topological polar surface area (TPSA) is 61.7 Å². The van der Waals surface area contributed by atoms with Gasteiger partial charge in [0, 0.05) is 31.6 Å². The number of amides is 2. The molecule has 2 fully saturated rings. The molecule has 2 amide bonds. The molecule has 2 aromatic rings. The van der Waals surface area contributed by atoms with Crippen molar-refractivity contribution in [2.45, 2.75) is 46.1 Å². The molecule has 1 aromatic heterocycles. The van der Waals surface area contributed by atoms with Gasteiger partial charge in [-0.15, -0.1) is 0 Å². The van der Waals surface area contributed by atoms with Gasteiger partial charge in [-0.05, 0) is 58.0 Å². The highest BCUT2D eigenvalue weighted by Gasteiger charge is 2.64. The number of aromatic nitrogens is 2. The van der Waals surface area contributed by atoms with Crippen LogP contribution in [0.4, 0.5) is 5.82 Å². The van der Waals surface area contributed by atoms with Crippen LogP contribution in [0.2, 0.25) is 0 Å². The lowest BCUT2D eigenvalue weighted by molar-refractivity contribution is -0.158. The molecule has 1 aromatic carbocycles. The minimum atomic E-state index is -1.15. The van der Waals surface area contributed by atoms with E-state index in [-0.39, 0.29) is 17.9 Å². The molecular weight excluding hydrogens is 410 g/mol. The van der Waals surface area contributed by atoms with E-state index in [1.165, 1.54) is 0 Å². The fourth-order valence-corrected chi connectivity index (χ4v) is 6.04. The van der Waals surface area contributed by atoms with E-state index < -0.39 is 5.41 Å². The number of carbonyl (C=O) groups excluding carboxylic acids is 2. The number of hydrogen-bond acceptors (Lipinski definition) is 5. The number of para-hydroxylation sites is 1. The Balaban J connectivity index is 1.71. The number of aryl methyl sites for hydroxylation is 1. The van der Waals surface area contributed by atoms with Crippen LogP contribution >= 0.6 is 12.2 Å². The molecule has 1 spiro atoms. The lowest BCUT2D eigenvalue weighted by atomic mass is 9.68. The maximum Gasteiger partial charge on any atom is 0.246 e. The standard InChI is InChI=1S/C23H27N5O2S/c1-4-25-20(29)23(21(30)26(5-2)22(25)31)14-17-15(3)24-28(16-10-7-6-8-11-16)19(17)27-13-9-12-18(23)27/h6-8,10-11,18H,4-5,9,12-14H2,1-3H3/t18-/m1/s1. The summed E-state index contributed by atoms with van der Waals surface area (Å²) in [5.74, 6) is 0.727. The predicted molar refractivity (Wildman–Crippen MR) is 122 cm³/mol. The molecule has 0 unspecified atom stereocenters. The van der Waals surface area contributed by atoms with Crippen molar-refractivity contribution in [2.24, 2.45) is 5.41 Å². The number of anilines is 1. The molecular formula is C23H27N5O2S. The van der Waals surface area contributed by atoms with Gasteiger partial charge >= 0.3 is 0 Å². The van der Waals surface area contributed by atoms with E-state index in [0.29, 0.717) is 24.6 Å². The Hall–Kier alpha value is -2.74. The summed E-state index contributed by atoms with van der Waals surface area (Å²) in [6, 6.07) is 9.87. The summed E-state index contributed by atoms with van der Waals surface area (Å²) in [7, 11) is 0. The van der Waals surface area contributed by atoms with Crippen LogP contribution in [-0.4, -0.2) is 62.2 Å². The molecule has 0 aliphatic carbocycles. The van der Waals surface area contributed by atoms with Crippen LogP contribution < -0.4 is 4.90 Å². The van der Waals surface area contributed by atoms with Crippen molar-refractivity contribution in [1.29, 1.82) is 0 Å². The highest BCUT2D eigenvalue weighted by Crippen LogP contribution is 2.50. The van der Waals surface area contributed by atoms with Gasteiger partial charge in [0.25, 0.3) is 0 Å². The molecule has 2 saturated heterocycles. The van der Waals surface area contributed by atoms with Crippen LogP contribution in [0.25, 0.3) is 5.69 Å². The first-order chi connectivity index (χ1) is 15.0. The molecule has 1 atom stereocenters. The van der Waals surface area contributed by atoms with Gasteiger partial charge in [0.15, 0.2) is 10.5 Å². The third-order valence-electron chi connectivity index (χ3n) is 7.06. The number of nitrogens with zero attached hydrogens (tertiary/aromatic N) is 5. The summed E-state index contributed by atoms with van der Waals surface area (Å²) >= 11 is 5.53. The van der Waals surface area contributed by atoms with Crippen LogP contribution in [0, 0.1) is 12.3 Å². The molecule has 0 bridgehead atoms. The molecule has 0 N–H and O–H groups in total. The fraction of sp³-hybridized carbons (Fsp3) is 0.478. The first-order valence-corrected chi connectivity index (χ1v) is 11.4. The van der Waals surface area contributed by atoms with Gasteiger partial charge < -0.3 is 4.90 Å². The van der Waals surface area contributed by atoms with Crippen molar-refractivity contribution < 1.29 is 9.59 Å². The second-order valence-electron chi connectivity index (χ2n) is 8.52. The highest BCUT2D eigenvalue weighted by molar-refractivity contribution is 7.80. The van der Waals surface area contributed by atoms with E-state index in [2.05, 4.69) is 4.90 Å². The Labute approximate surface area is 187 Å². The Kier molecular flexibility index (Phi) is 4.66. The van der Waals surface area contributed by atoms with Gasteiger partial charge in [-0.2, -0.15) is 5.10 Å². The normalized spacial score (nSPS) is 22.4. The van der Waals surface area contributed by atoms with E-state index in [1.807, 2.05) is 55.8 Å². The maximum atomic E-state index is 13.9. The summed E-state index contributed by atoms with van der Waals surface area (Å²) < 4.78 is 1.98. The minimum Gasteiger partial charge on any atom is -0.352 e. The van der Waals surface area contributed by atoms with E-state index >= 15 is 0 Å². The van der Waals surface area contributed by atoms with Crippen LogP contribution in [-0.2, 0) is 16.0 Å². The maximum absolute atomic E-state index is 13.9. The third-order valence-corrected chi connectivity index (χ3v) is 7.50. The van der Waals surface area contributed by atoms with Crippen LogP contribution in [0.1, 0.15) is 37.9 Å².